The van der Waals surface area contributed by atoms with E-state index in [2.05, 4.69) is 11.2 Å². The van der Waals surface area contributed by atoms with E-state index in [-0.39, 0.29) is 11.0 Å². The number of aromatic nitrogens is 2. The number of rotatable bonds is 4. The van der Waals surface area contributed by atoms with Gasteiger partial charge in [0.15, 0.2) is 5.82 Å². The third kappa shape index (κ3) is 1.77. The molecule has 1 spiro atoms. The van der Waals surface area contributed by atoms with E-state index in [0.29, 0.717) is 12.3 Å². The van der Waals surface area contributed by atoms with E-state index in [1.54, 1.807) is 7.11 Å². The Morgan fingerprint density at radius 3 is 3.00 bits per heavy atom. The van der Waals surface area contributed by atoms with Crippen LogP contribution in [0, 0.1) is 5.92 Å². The van der Waals surface area contributed by atoms with Gasteiger partial charge < -0.3 is 14.0 Å². The van der Waals surface area contributed by atoms with Crippen LogP contribution >= 0.6 is 0 Å². The molecule has 3 aliphatic rings. The van der Waals surface area contributed by atoms with Crippen LogP contribution in [-0.4, -0.2) is 29.5 Å². The van der Waals surface area contributed by atoms with E-state index in [1.807, 2.05) is 18.2 Å². The summed E-state index contributed by atoms with van der Waals surface area (Å²) in [5.41, 5.74) is 1.14. The lowest BCUT2D eigenvalue weighted by Crippen LogP contribution is -2.48. The average molecular weight is 312 g/mol. The van der Waals surface area contributed by atoms with E-state index in [9.17, 15) is 0 Å². The molecular formula is C18H20N2O3. The lowest BCUT2D eigenvalue weighted by molar-refractivity contribution is -0.0960. The number of fused-ring (bicyclic) bond motifs is 2. The number of nitrogens with zero attached hydrogens (tertiary/aromatic N) is 2. The maximum Gasteiger partial charge on any atom is 0.236 e. The highest BCUT2D eigenvalue weighted by atomic mass is 16.5. The van der Waals surface area contributed by atoms with Gasteiger partial charge in [-0.2, -0.15) is 4.98 Å². The first-order chi connectivity index (χ1) is 11.3. The van der Waals surface area contributed by atoms with Gasteiger partial charge in [0.2, 0.25) is 5.89 Å². The number of ether oxygens (including phenoxy) is 2. The van der Waals surface area contributed by atoms with E-state index < -0.39 is 0 Å². The van der Waals surface area contributed by atoms with Crippen LogP contribution in [-0.2, 0) is 16.6 Å². The first-order valence-corrected chi connectivity index (χ1v) is 8.36. The first-order valence-electron chi connectivity index (χ1n) is 8.36. The van der Waals surface area contributed by atoms with Crippen molar-refractivity contribution >= 4 is 0 Å². The van der Waals surface area contributed by atoms with Crippen molar-refractivity contribution in [1.82, 2.24) is 10.1 Å². The van der Waals surface area contributed by atoms with Crippen molar-refractivity contribution in [1.29, 1.82) is 0 Å². The van der Waals surface area contributed by atoms with Gasteiger partial charge in [-0.05, 0) is 43.4 Å². The van der Waals surface area contributed by atoms with Crippen LogP contribution in [0.5, 0.6) is 5.75 Å². The summed E-state index contributed by atoms with van der Waals surface area (Å²) in [7, 11) is 1.68. The van der Waals surface area contributed by atoms with E-state index in [1.165, 1.54) is 6.42 Å². The van der Waals surface area contributed by atoms with Crippen molar-refractivity contribution in [2.75, 3.05) is 13.7 Å². The monoisotopic (exact) mass is 312 g/mol. The first kappa shape index (κ1) is 13.5. The third-order valence-corrected chi connectivity index (χ3v) is 5.99. The Labute approximate surface area is 135 Å². The number of methoxy groups -OCH3 is 1. The molecule has 5 heteroatoms. The highest BCUT2D eigenvalue weighted by molar-refractivity contribution is 5.35. The molecule has 1 aromatic heterocycles. The maximum absolute atomic E-state index is 6.11. The van der Waals surface area contributed by atoms with Gasteiger partial charge in [-0.3, -0.25) is 0 Å². The molecule has 1 aliphatic heterocycles. The second-order valence-electron chi connectivity index (χ2n) is 7.08. The van der Waals surface area contributed by atoms with Gasteiger partial charge in [-0.1, -0.05) is 17.3 Å². The smallest absolute Gasteiger partial charge is 0.236 e. The van der Waals surface area contributed by atoms with E-state index in [4.69, 9.17) is 19.0 Å². The zero-order valence-electron chi connectivity index (χ0n) is 13.2. The van der Waals surface area contributed by atoms with Crippen molar-refractivity contribution < 1.29 is 14.0 Å². The second kappa shape index (κ2) is 4.57. The van der Waals surface area contributed by atoms with Crippen molar-refractivity contribution in [3.05, 3.63) is 41.5 Å². The van der Waals surface area contributed by atoms with E-state index in [0.717, 1.165) is 48.9 Å². The van der Waals surface area contributed by atoms with Crippen LogP contribution in [0.4, 0.5) is 0 Å². The Balaban J connectivity index is 1.41. The quantitative estimate of drug-likeness (QED) is 0.869. The van der Waals surface area contributed by atoms with Crippen LogP contribution in [0.15, 0.2) is 28.8 Å². The minimum atomic E-state index is -0.00254. The summed E-state index contributed by atoms with van der Waals surface area (Å²) in [6.07, 6.45) is 5.33. The standard InChI is InChI=1S/C18H20N2O3/c1-21-14-5-2-4-12(8-14)9-15-19-16(23-20-15)18-10-13(18)11-22-17(18)6-3-7-17/h2,4-5,8,13H,3,6-7,9-11H2,1H3/t13-,18-/m0/s1. The van der Waals surface area contributed by atoms with Gasteiger partial charge in [0.05, 0.1) is 24.7 Å². The summed E-state index contributed by atoms with van der Waals surface area (Å²) in [5.74, 6) is 2.98. The summed E-state index contributed by atoms with van der Waals surface area (Å²) in [6.45, 7) is 0.855. The fourth-order valence-electron chi connectivity index (χ4n) is 4.49. The number of benzene rings is 1. The molecule has 0 N–H and O–H groups in total. The molecule has 120 valence electrons. The fraction of sp³-hybridized carbons (Fsp3) is 0.556. The summed E-state index contributed by atoms with van der Waals surface area (Å²) in [5, 5.41) is 4.22. The molecule has 23 heavy (non-hydrogen) atoms. The van der Waals surface area contributed by atoms with Crippen molar-refractivity contribution in [3.63, 3.8) is 0 Å². The van der Waals surface area contributed by atoms with Gasteiger partial charge in [-0.15, -0.1) is 0 Å². The zero-order chi connectivity index (χ0) is 15.5. The molecule has 5 nitrogen and oxygen atoms in total. The minimum absolute atomic E-state index is 0.00254. The molecule has 2 aliphatic carbocycles. The van der Waals surface area contributed by atoms with Gasteiger partial charge in [0, 0.05) is 12.3 Å². The topological polar surface area (TPSA) is 57.4 Å². The third-order valence-electron chi connectivity index (χ3n) is 5.99. The molecular weight excluding hydrogens is 292 g/mol. The summed E-state index contributed by atoms with van der Waals surface area (Å²) in [6, 6.07) is 8.00. The van der Waals surface area contributed by atoms with Gasteiger partial charge in [0.25, 0.3) is 0 Å². The molecule has 2 heterocycles. The Morgan fingerprint density at radius 1 is 1.35 bits per heavy atom. The molecule has 3 fully saturated rings. The second-order valence-corrected chi connectivity index (χ2v) is 7.08. The number of hydrogen-bond donors (Lipinski definition) is 0. The molecule has 2 atom stereocenters. The lowest BCUT2D eigenvalue weighted by Gasteiger charge is -2.43. The van der Waals surface area contributed by atoms with Crippen LogP contribution in [0.3, 0.4) is 0 Å². The summed E-state index contributed by atoms with van der Waals surface area (Å²) in [4.78, 5) is 4.74. The summed E-state index contributed by atoms with van der Waals surface area (Å²) < 4.78 is 17.1. The van der Waals surface area contributed by atoms with Gasteiger partial charge in [-0.25, -0.2) is 0 Å². The van der Waals surface area contributed by atoms with Crippen LogP contribution in [0.25, 0.3) is 0 Å². The normalized spacial score (nSPS) is 30.0. The van der Waals surface area contributed by atoms with Crippen LogP contribution < -0.4 is 4.74 Å². The molecule has 2 saturated carbocycles. The SMILES string of the molecule is COc1cccc(Cc2noc([C@]34C[C@H]3COC43CCC3)n2)c1. The Kier molecular flexibility index (Phi) is 2.69. The Bertz CT molecular complexity index is 752. The highest BCUT2D eigenvalue weighted by Crippen LogP contribution is 2.71. The highest BCUT2D eigenvalue weighted by Gasteiger charge is 2.77. The van der Waals surface area contributed by atoms with Crippen LogP contribution in [0.1, 0.15) is 43.0 Å². The minimum Gasteiger partial charge on any atom is -0.497 e. The van der Waals surface area contributed by atoms with Crippen LogP contribution in [0.2, 0.25) is 0 Å². The molecule has 2 aromatic rings. The predicted octanol–water partition coefficient (Wildman–Crippen LogP) is 2.88. The van der Waals surface area contributed by atoms with Gasteiger partial charge in [0.1, 0.15) is 5.75 Å². The molecule has 5 rings (SSSR count). The molecule has 0 bridgehead atoms. The van der Waals surface area contributed by atoms with Crippen molar-refractivity contribution in [3.8, 4) is 5.75 Å². The Morgan fingerprint density at radius 2 is 2.26 bits per heavy atom. The molecule has 0 amide bonds. The van der Waals surface area contributed by atoms with E-state index >= 15 is 0 Å². The number of hydrogen-bond acceptors (Lipinski definition) is 5. The summed E-state index contributed by atoms with van der Waals surface area (Å²) >= 11 is 0. The zero-order valence-corrected chi connectivity index (χ0v) is 13.2. The van der Waals surface area contributed by atoms with Gasteiger partial charge >= 0.3 is 0 Å². The molecule has 0 unspecified atom stereocenters. The van der Waals surface area contributed by atoms with Crippen molar-refractivity contribution in [2.24, 2.45) is 5.92 Å². The fourth-order valence-corrected chi connectivity index (χ4v) is 4.49. The molecule has 0 radical (unpaired) electrons. The average Bonchev–Trinajstić information content (AvgIpc) is 2.92. The lowest BCUT2D eigenvalue weighted by atomic mass is 9.68. The maximum atomic E-state index is 6.11. The molecule has 1 saturated heterocycles. The Hall–Kier alpha value is -1.88. The van der Waals surface area contributed by atoms with Crippen molar-refractivity contribution in [2.45, 2.75) is 43.1 Å². The largest absolute Gasteiger partial charge is 0.497 e. The molecule has 1 aromatic carbocycles. The predicted molar refractivity (Wildman–Crippen MR) is 82.4 cm³/mol.